The van der Waals surface area contributed by atoms with E-state index in [-0.39, 0.29) is 30.8 Å². The summed E-state index contributed by atoms with van der Waals surface area (Å²) in [4.78, 5) is 63.9. The molecular formula is C43H63N9O8S2. The van der Waals surface area contributed by atoms with Crippen LogP contribution in [0.2, 0.25) is 0 Å². The zero-order chi connectivity index (χ0) is 45.0. The van der Waals surface area contributed by atoms with Crippen molar-refractivity contribution < 1.29 is 37.1 Å². The molecule has 0 unspecified atom stereocenters. The van der Waals surface area contributed by atoms with Crippen LogP contribution >= 0.6 is 11.3 Å². The number of alkyl carbamates (subject to hydrolysis) is 1. The van der Waals surface area contributed by atoms with E-state index in [2.05, 4.69) is 20.7 Å². The number of nitrogens with two attached hydrogens (primary N) is 1. The number of likely N-dealkylation sites (tertiary alicyclic amines) is 1. The third kappa shape index (κ3) is 11.4. The lowest BCUT2D eigenvalue weighted by Gasteiger charge is -2.28. The van der Waals surface area contributed by atoms with Crippen molar-refractivity contribution in [2.75, 3.05) is 32.0 Å². The summed E-state index contributed by atoms with van der Waals surface area (Å²) in [6, 6.07) is 4.27. The Morgan fingerprint density at radius 1 is 1.08 bits per heavy atom. The number of para-hydroxylation sites is 1. The SMILES string of the molecule is CNCCNc1nc(-c2cccc3c2nc(O[C@@H]2C[C@@H](C(N)=O)N(C(=O)[C@H](CCCCC/C=C\[C@@H]4C[C@@H]4C(=O)NS(=O)(=O)C4(C)CC4)NC(=O)OC(C)(C)C)C2)n3C(C)C)cs1. The summed E-state index contributed by atoms with van der Waals surface area (Å²) in [5.41, 5.74) is 8.31. The minimum atomic E-state index is -3.65. The van der Waals surface area contributed by atoms with Crippen molar-refractivity contribution in [3.05, 3.63) is 35.7 Å². The molecule has 1 saturated heterocycles. The monoisotopic (exact) mass is 897 g/mol. The number of nitrogens with zero attached hydrogens (tertiary/aromatic N) is 4. The molecule has 340 valence electrons. The molecule has 2 aromatic heterocycles. The smallest absolute Gasteiger partial charge is 0.408 e. The standard InChI is InChI=1S/C43H63N9O8S2/c1-26(2)52-33-17-13-15-29(32-25-61-39(47-32)46-21-20-45-7)35(33)49-40(52)59-28-23-34(36(44)53)51(24-28)38(55)31(48-41(56)60-42(3,4)5)16-12-10-8-9-11-14-27-22-30(27)37(54)50-62(57,58)43(6)18-19-43/h11,13-15,17,25-28,30-31,34,45H,8-10,12,16,18-24H2,1-7H3,(H2,44,53)(H,46,47)(H,48,56)(H,50,54)/b14-11-/t27-,28-,30+,31+,34+/m1/s1. The molecule has 4 amide bonds. The van der Waals surface area contributed by atoms with Gasteiger partial charge < -0.3 is 36.1 Å². The van der Waals surface area contributed by atoms with E-state index < -0.39 is 62.4 Å². The number of amides is 4. The van der Waals surface area contributed by atoms with Crippen molar-refractivity contribution >= 4 is 61.3 Å². The minimum absolute atomic E-state index is 0.0126. The molecular weight excluding hydrogens is 835 g/mol. The molecule has 19 heteroatoms. The third-order valence-electron chi connectivity index (χ3n) is 11.5. The van der Waals surface area contributed by atoms with Gasteiger partial charge in [-0.25, -0.2) is 18.2 Å². The van der Waals surface area contributed by atoms with Crippen LogP contribution in [-0.2, 0) is 29.1 Å². The molecule has 1 aromatic carbocycles. The molecule has 0 bridgehead atoms. The molecule has 3 heterocycles. The maximum Gasteiger partial charge on any atom is 0.408 e. The Hall–Kier alpha value is -4.75. The molecule has 2 aliphatic carbocycles. The summed E-state index contributed by atoms with van der Waals surface area (Å²) in [6.07, 6.45) is 7.65. The van der Waals surface area contributed by atoms with E-state index in [1.807, 2.05) is 61.2 Å². The largest absolute Gasteiger partial charge is 0.459 e. The highest BCUT2D eigenvalue weighted by Crippen LogP contribution is 2.44. The lowest BCUT2D eigenvalue weighted by Crippen LogP contribution is -2.53. The Kier molecular flexibility index (Phi) is 14.6. The molecule has 62 heavy (non-hydrogen) atoms. The first-order valence-electron chi connectivity index (χ1n) is 21.6. The molecule has 3 fully saturated rings. The van der Waals surface area contributed by atoms with Gasteiger partial charge in [-0.05, 0) is 99.1 Å². The first-order valence-corrected chi connectivity index (χ1v) is 24.0. The zero-order valence-corrected chi connectivity index (χ0v) is 38.5. The van der Waals surface area contributed by atoms with Gasteiger partial charge in [0.15, 0.2) is 5.13 Å². The van der Waals surface area contributed by atoms with Crippen molar-refractivity contribution in [2.45, 2.75) is 134 Å². The zero-order valence-electron chi connectivity index (χ0n) is 36.9. The van der Waals surface area contributed by atoms with Gasteiger partial charge in [-0.1, -0.05) is 37.1 Å². The van der Waals surface area contributed by atoms with Crippen molar-refractivity contribution in [2.24, 2.45) is 17.6 Å². The third-order valence-corrected chi connectivity index (χ3v) is 14.5. The topological polar surface area (TPSA) is 229 Å². The molecule has 17 nitrogen and oxygen atoms in total. The normalized spacial score (nSPS) is 21.3. The van der Waals surface area contributed by atoms with Crippen molar-refractivity contribution in [1.29, 1.82) is 0 Å². The lowest BCUT2D eigenvalue weighted by molar-refractivity contribution is -0.139. The second-order valence-electron chi connectivity index (χ2n) is 18.2. The number of anilines is 1. The van der Waals surface area contributed by atoms with Crippen LogP contribution in [0, 0.1) is 11.8 Å². The second-order valence-corrected chi connectivity index (χ2v) is 21.2. The molecule has 0 spiro atoms. The maximum atomic E-state index is 14.3. The van der Waals surface area contributed by atoms with Crippen molar-refractivity contribution in [3.8, 4) is 17.3 Å². The number of imidazole rings is 1. The molecule has 6 rings (SSSR count). The Morgan fingerprint density at radius 3 is 2.52 bits per heavy atom. The van der Waals surface area contributed by atoms with Gasteiger partial charge in [0.25, 0.3) is 6.01 Å². The molecule has 2 saturated carbocycles. The number of hydrogen-bond acceptors (Lipinski definition) is 13. The van der Waals surface area contributed by atoms with Crippen LogP contribution in [0.1, 0.15) is 105 Å². The average molecular weight is 898 g/mol. The van der Waals surface area contributed by atoms with Crippen LogP contribution in [0.3, 0.4) is 0 Å². The number of hydrogen-bond donors (Lipinski definition) is 5. The highest BCUT2D eigenvalue weighted by molar-refractivity contribution is 7.91. The number of likely N-dealkylation sites (N-methyl/N-ethyl adjacent to an activating group) is 1. The number of carbonyl (C=O) groups excluding carboxylic acids is 4. The fourth-order valence-electron chi connectivity index (χ4n) is 7.67. The molecule has 5 atom stereocenters. The van der Waals surface area contributed by atoms with Gasteiger partial charge in [-0.2, -0.15) is 4.98 Å². The number of nitrogens with one attached hydrogen (secondary N) is 4. The van der Waals surface area contributed by atoms with Gasteiger partial charge in [-0.15, -0.1) is 11.3 Å². The van der Waals surface area contributed by atoms with Crippen LogP contribution in [0.25, 0.3) is 22.3 Å². The number of thiazole rings is 1. The number of rotatable bonds is 21. The Morgan fingerprint density at radius 2 is 1.84 bits per heavy atom. The van der Waals surface area contributed by atoms with E-state index in [0.29, 0.717) is 43.6 Å². The van der Waals surface area contributed by atoms with E-state index in [0.717, 1.165) is 54.3 Å². The molecule has 0 radical (unpaired) electrons. The second kappa shape index (κ2) is 19.3. The predicted molar refractivity (Wildman–Crippen MR) is 239 cm³/mol. The van der Waals surface area contributed by atoms with Crippen LogP contribution in [0.4, 0.5) is 9.93 Å². The van der Waals surface area contributed by atoms with E-state index in [1.54, 1.807) is 27.7 Å². The number of allylic oxidation sites excluding steroid dienone is 2. The number of ether oxygens (including phenoxy) is 2. The first kappa shape index (κ1) is 46.7. The highest BCUT2D eigenvalue weighted by atomic mass is 32.2. The van der Waals surface area contributed by atoms with E-state index in [4.69, 9.17) is 25.2 Å². The summed E-state index contributed by atoms with van der Waals surface area (Å²) in [6.45, 7) is 12.5. The van der Waals surface area contributed by atoms with Crippen LogP contribution in [0.5, 0.6) is 6.01 Å². The quantitative estimate of drug-likeness (QED) is 0.0683. The summed E-state index contributed by atoms with van der Waals surface area (Å²) in [7, 11) is -1.75. The van der Waals surface area contributed by atoms with Gasteiger partial charge in [-0.3, -0.25) is 23.7 Å². The summed E-state index contributed by atoms with van der Waals surface area (Å²) < 4.78 is 40.4. The fraction of sp³-hybridized carbons (Fsp3) is 0.628. The number of sulfonamides is 1. The van der Waals surface area contributed by atoms with Gasteiger partial charge in [0, 0.05) is 42.4 Å². The molecule has 3 aromatic rings. The molecule has 6 N–H and O–H groups in total. The Bertz CT molecular complexity index is 2240. The van der Waals surface area contributed by atoms with E-state index >= 15 is 0 Å². The molecule has 3 aliphatic rings. The van der Waals surface area contributed by atoms with Gasteiger partial charge in [0.05, 0.1) is 22.5 Å². The summed E-state index contributed by atoms with van der Waals surface area (Å²) >= 11 is 1.52. The highest BCUT2D eigenvalue weighted by Gasteiger charge is 2.52. The number of fused-ring (bicyclic) bond motifs is 1. The number of aromatic nitrogens is 3. The number of unbranched alkanes of at least 4 members (excludes halogenated alkanes) is 3. The first-order chi connectivity index (χ1) is 29.3. The number of carbonyl (C=O) groups is 4. The van der Waals surface area contributed by atoms with Crippen molar-refractivity contribution in [1.82, 2.24) is 34.8 Å². The van der Waals surface area contributed by atoms with E-state index in [1.165, 1.54) is 16.2 Å². The minimum Gasteiger partial charge on any atom is -0.459 e. The summed E-state index contributed by atoms with van der Waals surface area (Å²) in [5.74, 6) is -1.89. The van der Waals surface area contributed by atoms with E-state index in [9.17, 15) is 27.6 Å². The fourth-order valence-corrected chi connectivity index (χ4v) is 9.72. The van der Waals surface area contributed by atoms with Crippen LogP contribution in [0.15, 0.2) is 35.7 Å². The van der Waals surface area contributed by atoms with Gasteiger partial charge in [0.2, 0.25) is 27.7 Å². The number of primary amides is 1. The Labute approximate surface area is 368 Å². The van der Waals surface area contributed by atoms with Crippen molar-refractivity contribution in [3.63, 3.8) is 0 Å². The van der Waals surface area contributed by atoms with Gasteiger partial charge >= 0.3 is 6.09 Å². The van der Waals surface area contributed by atoms with Crippen LogP contribution < -0.4 is 31.1 Å². The summed E-state index contributed by atoms with van der Waals surface area (Å²) in [5, 5.41) is 12.0. The average Bonchev–Trinajstić information content (AvgIpc) is 3.96. The lowest BCUT2D eigenvalue weighted by atomic mass is 10.0. The predicted octanol–water partition coefficient (Wildman–Crippen LogP) is 5.24. The molecule has 1 aliphatic heterocycles. The van der Waals surface area contributed by atoms with Gasteiger partial charge in [0.1, 0.15) is 29.3 Å². The number of benzene rings is 1. The Balaban J connectivity index is 1.08. The van der Waals surface area contributed by atoms with Crippen LogP contribution in [-0.4, -0.2) is 107 Å². The maximum absolute atomic E-state index is 14.3.